The van der Waals surface area contributed by atoms with Gasteiger partial charge in [0.2, 0.25) is 0 Å². The van der Waals surface area contributed by atoms with Crippen molar-refractivity contribution in [3.05, 3.63) is 22.3 Å². The Morgan fingerprint density at radius 2 is 1.00 bits per heavy atom. The first-order valence-corrected chi connectivity index (χ1v) is 19.8. The molecule has 6 aliphatic carbocycles. The number of carbonyl (C=O) groups excluding carboxylic acids is 2. The lowest BCUT2D eigenvalue weighted by atomic mass is 9.47. The molecule has 0 aromatic rings. The second-order valence-corrected chi connectivity index (χ2v) is 19.7. The average molecular weight is 725 g/mol. The Balaban J connectivity index is 0.000000113. The molecule has 6 saturated heterocycles. The van der Waals surface area contributed by atoms with Crippen LogP contribution >= 0.6 is 0 Å². The summed E-state index contributed by atoms with van der Waals surface area (Å²) < 4.78 is 80.0. The highest BCUT2D eigenvalue weighted by Gasteiger charge is 3.02. The monoisotopic (exact) mass is 724 g/mol. The van der Waals surface area contributed by atoms with Crippen LogP contribution in [0.5, 0.6) is 0 Å². The van der Waals surface area contributed by atoms with Crippen LogP contribution in [-0.2, 0) is 47.5 Å². The Morgan fingerprint density at radius 1 is 0.596 bits per heavy atom. The van der Waals surface area contributed by atoms with Crippen LogP contribution in [0.3, 0.4) is 0 Å². The van der Waals surface area contributed by atoms with Gasteiger partial charge in [-0.1, -0.05) is 41.5 Å². The predicted molar refractivity (Wildman–Crippen MR) is 172 cm³/mol. The molecule has 0 amide bonds. The summed E-state index contributed by atoms with van der Waals surface area (Å²) in [6.07, 6.45) is 1.40. The molecular formula is C40H46F2O10. The number of carbonyl (C=O) groups is 2. The molecule has 280 valence electrons. The maximum absolute atomic E-state index is 16.0. The molecule has 0 unspecified atom stereocenters. The summed E-state index contributed by atoms with van der Waals surface area (Å²) in [4.78, 5) is 24.1. The third-order valence-electron chi connectivity index (χ3n) is 18.1. The maximum atomic E-state index is 16.0. The minimum Gasteiger partial charge on any atom is -0.458 e. The standard InChI is InChI=1S/2C20H23FO5/c2*1-8(2)18-13(25-18)14-20(26-14)17(3)5-4-9-10(7-23-15(9)22)11(17)6-12-19(20,24-12)16(18)21/h2*8,11-14,16H,4-7H2,1-3H3/t11-,12-,13-,14-,16+,17-,18-,19+,20+;11-,12-,13-,14-,16-,17-,18-,19+,20+/m00/s1. The quantitative estimate of drug-likeness (QED) is 0.303. The average Bonchev–Trinajstić information content (AvgIpc) is 3.90. The van der Waals surface area contributed by atoms with E-state index in [1.165, 1.54) is 0 Å². The molecule has 0 aromatic carbocycles. The van der Waals surface area contributed by atoms with Crippen LogP contribution in [0.4, 0.5) is 8.78 Å². The summed E-state index contributed by atoms with van der Waals surface area (Å²) in [5.41, 5.74) is -0.983. The molecule has 14 rings (SSSR count). The Kier molecular flexibility index (Phi) is 5.05. The second kappa shape index (κ2) is 8.41. The van der Waals surface area contributed by atoms with Crippen LogP contribution in [0, 0.1) is 34.5 Å². The van der Waals surface area contributed by atoms with Crippen molar-refractivity contribution in [3.63, 3.8) is 0 Å². The van der Waals surface area contributed by atoms with Crippen molar-refractivity contribution in [2.24, 2.45) is 34.5 Å². The summed E-state index contributed by atoms with van der Waals surface area (Å²) in [5, 5.41) is 0. The summed E-state index contributed by atoms with van der Waals surface area (Å²) in [6, 6.07) is 0. The number of ether oxygens (including phenoxy) is 8. The molecule has 12 heteroatoms. The van der Waals surface area contributed by atoms with Gasteiger partial charge in [0.25, 0.3) is 0 Å². The predicted octanol–water partition coefficient (Wildman–Crippen LogP) is 4.16. The van der Waals surface area contributed by atoms with Gasteiger partial charge in [0.05, 0.1) is 12.2 Å². The molecule has 8 heterocycles. The number of cyclic esters (lactones) is 2. The molecule has 14 aliphatic rings. The van der Waals surface area contributed by atoms with Crippen LogP contribution in [-0.4, -0.2) is 108 Å². The summed E-state index contributed by atoms with van der Waals surface area (Å²) in [5.74, 6) is 0.184. The fourth-order valence-corrected chi connectivity index (χ4v) is 15.3. The number of esters is 2. The zero-order chi connectivity index (χ0) is 35.7. The molecule has 4 spiro atoms. The van der Waals surface area contributed by atoms with Gasteiger partial charge in [0.1, 0.15) is 60.0 Å². The Hall–Kier alpha value is -1.96. The minimum absolute atomic E-state index is 0.0881. The number of rotatable bonds is 2. The van der Waals surface area contributed by atoms with Crippen molar-refractivity contribution >= 4 is 11.9 Å². The van der Waals surface area contributed by atoms with Gasteiger partial charge < -0.3 is 37.9 Å². The van der Waals surface area contributed by atoms with E-state index in [0.29, 0.717) is 26.1 Å². The first-order chi connectivity index (χ1) is 24.7. The van der Waals surface area contributed by atoms with E-state index in [9.17, 15) is 9.59 Å². The van der Waals surface area contributed by atoms with Crippen LogP contribution in [0.2, 0.25) is 0 Å². The van der Waals surface area contributed by atoms with Gasteiger partial charge in [0, 0.05) is 22.0 Å². The normalized spacial score (nSPS) is 63.1. The number of fused-ring (bicyclic) bond motifs is 8. The lowest BCUT2D eigenvalue weighted by molar-refractivity contribution is -0.137. The van der Waals surface area contributed by atoms with Gasteiger partial charge in [-0.25, -0.2) is 18.4 Å². The van der Waals surface area contributed by atoms with Crippen molar-refractivity contribution in [3.8, 4) is 0 Å². The minimum atomic E-state index is -1.15. The van der Waals surface area contributed by atoms with Crippen molar-refractivity contribution in [1.82, 2.24) is 0 Å². The fraction of sp³-hybridized carbons (Fsp3) is 0.850. The van der Waals surface area contributed by atoms with E-state index in [0.717, 1.165) is 48.0 Å². The molecule has 0 N–H and O–H groups in total. The van der Waals surface area contributed by atoms with E-state index in [1.807, 2.05) is 27.7 Å². The number of halogens is 2. The third-order valence-corrected chi connectivity index (χ3v) is 18.1. The Bertz CT molecular complexity index is 1780. The zero-order valence-electron chi connectivity index (χ0n) is 30.4. The van der Waals surface area contributed by atoms with E-state index in [2.05, 4.69) is 13.8 Å². The summed E-state index contributed by atoms with van der Waals surface area (Å²) >= 11 is 0. The SMILES string of the molecule is CC(C)[C@]12O[C@H]1[C@@H]1O[C@]13[C@]1(O[C@H]1C[C@H]1C4=C(CC[C@@]13C)C(=O)OC4)[C@@H]2F.CC(C)[C@]12O[C@H]1[C@@H]1O[C@]13[C@]1(O[C@H]1C[C@H]1C4=C(CC[C@@]13C)C(=O)OC4)[C@H]2F. The van der Waals surface area contributed by atoms with Crippen molar-refractivity contribution < 1.29 is 56.3 Å². The lowest BCUT2D eigenvalue weighted by Crippen LogP contribution is -2.68. The molecule has 4 saturated carbocycles. The first kappa shape index (κ1) is 31.3. The maximum Gasteiger partial charge on any atom is 0.334 e. The van der Waals surface area contributed by atoms with E-state index in [-0.39, 0.29) is 83.1 Å². The largest absolute Gasteiger partial charge is 0.458 e. The van der Waals surface area contributed by atoms with Crippen LogP contribution in [0.15, 0.2) is 22.3 Å². The molecule has 8 aliphatic heterocycles. The van der Waals surface area contributed by atoms with Crippen molar-refractivity contribution in [2.75, 3.05) is 13.2 Å². The molecule has 10 nitrogen and oxygen atoms in total. The van der Waals surface area contributed by atoms with E-state index >= 15 is 8.78 Å². The van der Waals surface area contributed by atoms with Gasteiger partial charge in [-0.2, -0.15) is 0 Å². The van der Waals surface area contributed by atoms with E-state index in [1.54, 1.807) is 0 Å². The molecule has 0 bridgehead atoms. The second-order valence-electron chi connectivity index (χ2n) is 19.7. The molecule has 0 aromatic heterocycles. The molecule has 10 fully saturated rings. The van der Waals surface area contributed by atoms with Gasteiger partial charge in [-0.3, -0.25) is 0 Å². The smallest absolute Gasteiger partial charge is 0.334 e. The Morgan fingerprint density at radius 3 is 1.38 bits per heavy atom. The van der Waals surface area contributed by atoms with Crippen molar-refractivity contribution in [1.29, 1.82) is 0 Å². The number of hydrogen-bond acceptors (Lipinski definition) is 10. The molecular weight excluding hydrogens is 678 g/mol. The van der Waals surface area contributed by atoms with E-state index < -0.39 is 45.9 Å². The number of hydrogen-bond donors (Lipinski definition) is 0. The zero-order valence-corrected chi connectivity index (χ0v) is 30.4. The van der Waals surface area contributed by atoms with Crippen molar-refractivity contribution in [2.45, 2.75) is 163 Å². The van der Waals surface area contributed by atoms with Crippen LogP contribution in [0.25, 0.3) is 0 Å². The van der Waals surface area contributed by atoms with Gasteiger partial charge in [-0.05, 0) is 73.3 Å². The van der Waals surface area contributed by atoms with Gasteiger partial charge in [0.15, 0.2) is 23.5 Å². The summed E-state index contributed by atoms with van der Waals surface area (Å²) in [7, 11) is 0. The fourth-order valence-electron chi connectivity index (χ4n) is 15.3. The highest BCUT2D eigenvalue weighted by atomic mass is 19.1. The third kappa shape index (κ3) is 2.71. The molecule has 52 heavy (non-hydrogen) atoms. The summed E-state index contributed by atoms with van der Waals surface area (Å²) in [6.45, 7) is 13.3. The number of alkyl halides is 2. The first-order valence-electron chi connectivity index (χ1n) is 19.8. The topological polar surface area (TPSA) is 128 Å². The highest BCUT2D eigenvalue weighted by Crippen LogP contribution is 2.85. The van der Waals surface area contributed by atoms with E-state index in [4.69, 9.17) is 37.9 Å². The highest BCUT2D eigenvalue weighted by molar-refractivity contribution is 5.93. The van der Waals surface area contributed by atoms with Crippen LogP contribution < -0.4 is 0 Å². The number of epoxide rings is 6. The van der Waals surface area contributed by atoms with Gasteiger partial charge in [-0.15, -0.1) is 0 Å². The van der Waals surface area contributed by atoms with Gasteiger partial charge >= 0.3 is 11.9 Å². The Labute approximate surface area is 300 Å². The van der Waals surface area contributed by atoms with Crippen LogP contribution in [0.1, 0.15) is 80.1 Å². The lowest BCUT2D eigenvalue weighted by Gasteiger charge is -2.52. The molecule has 18 atom stereocenters. The molecule has 0 radical (unpaired) electrons.